The number of carbonyl (C=O) groups excluding carboxylic acids is 1. The second-order valence-electron chi connectivity index (χ2n) is 6.41. The first-order valence-corrected chi connectivity index (χ1v) is 8.40. The normalized spacial score (nSPS) is 14.6. The monoisotopic (exact) mass is 339 g/mol. The molecule has 0 bridgehead atoms. The summed E-state index contributed by atoms with van der Waals surface area (Å²) < 4.78 is 5.66. The van der Waals surface area contributed by atoms with Gasteiger partial charge in [-0.2, -0.15) is 0 Å². The summed E-state index contributed by atoms with van der Waals surface area (Å²) in [6, 6.07) is 13.9. The van der Waals surface area contributed by atoms with E-state index >= 15 is 0 Å². The SMILES string of the molecule is CC(C(=O)O)c1ccc(NC(=O)c2ccc(OCC3CC3)cc2)cc1. The van der Waals surface area contributed by atoms with Gasteiger partial charge in [-0.3, -0.25) is 9.59 Å². The molecule has 25 heavy (non-hydrogen) atoms. The lowest BCUT2D eigenvalue weighted by Gasteiger charge is -2.10. The van der Waals surface area contributed by atoms with Crippen LogP contribution in [0.3, 0.4) is 0 Å². The van der Waals surface area contributed by atoms with Gasteiger partial charge in [0.1, 0.15) is 5.75 Å². The Morgan fingerprint density at radius 1 is 1.12 bits per heavy atom. The van der Waals surface area contributed by atoms with E-state index in [0.29, 0.717) is 22.7 Å². The lowest BCUT2D eigenvalue weighted by molar-refractivity contribution is -0.138. The molecule has 1 saturated carbocycles. The van der Waals surface area contributed by atoms with Crippen LogP contribution in [0.2, 0.25) is 0 Å². The summed E-state index contributed by atoms with van der Waals surface area (Å²) in [5.41, 5.74) is 1.87. The van der Waals surface area contributed by atoms with Gasteiger partial charge in [0.2, 0.25) is 0 Å². The van der Waals surface area contributed by atoms with E-state index in [-0.39, 0.29) is 5.91 Å². The van der Waals surface area contributed by atoms with Crippen LogP contribution < -0.4 is 10.1 Å². The molecule has 1 unspecified atom stereocenters. The molecule has 1 atom stereocenters. The average Bonchev–Trinajstić information content (AvgIpc) is 3.45. The zero-order valence-electron chi connectivity index (χ0n) is 14.1. The van der Waals surface area contributed by atoms with Crippen LogP contribution in [-0.2, 0) is 4.79 Å². The van der Waals surface area contributed by atoms with E-state index < -0.39 is 11.9 Å². The van der Waals surface area contributed by atoms with Crippen molar-refractivity contribution in [3.05, 3.63) is 59.7 Å². The number of amides is 1. The zero-order chi connectivity index (χ0) is 17.8. The summed E-state index contributed by atoms with van der Waals surface area (Å²) >= 11 is 0. The van der Waals surface area contributed by atoms with Crippen molar-refractivity contribution in [3.63, 3.8) is 0 Å². The maximum absolute atomic E-state index is 12.3. The molecular formula is C20H21NO4. The standard InChI is InChI=1S/C20H21NO4/c1-13(20(23)24)15-4-8-17(9-5-15)21-19(22)16-6-10-18(11-7-16)25-12-14-2-3-14/h4-11,13-14H,2-3,12H2,1H3,(H,21,22)(H,23,24). The van der Waals surface area contributed by atoms with E-state index in [2.05, 4.69) is 5.32 Å². The largest absolute Gasteiger partial charge is 0.493 e. The third-order valence-electron chi connectivity index (χ3n) is 4.34. The Bertz CT molecular complexity index is 748. The molecule has 1 aliphatic carbocycles. The fourth-order valence-electron chi connectivity index (χ4n) is 2.40. The summed E-state index contributed by atoms with van der Waals surface area (Å²) in [5.74, 6) is -0.202. The topological polar surface area (TPSA) is 75.6 Å². The summed E-state index contributed by atoms with van der Waals surface area (Å²) in [6.45, 7) is 2.37. The Morgan fingerprint density at radius 3 is 2.32 bits per heavy atom. The molecule has 2 aromatic carbocycles. The number of rotatable bonds is 7. The predicted octanol–water partition coefficient (Wildman–Crippen LogP) is 3.92. The minimum atomic E-state index is -0.874. The van der Waals surface area contributed by atoms with Crippen molar-refractivity contribution < 1.29 is 19.4 Å². The molecule has 5 nitrogen and oxygen atoms in total. The van der Waals surface area contributed by atoms with Crippen molar-refractivity contribution in [2.45, 2.75) is 25.7 Å². The molecule has 5 heteroatoms. The van der Waals surface area contributed by atoms with Crippen LogP contribution in [0.4, 0.5) is 5.69 Å². The van der Waals surface area contributed by atoms with Crippen molar-refractivity contribution in [2.24, 2.45) is 5.92 Å². The number of hydrogen-bond donors (Lipinski definition) is 2. The Hall–Kier alpha value is -2.82. The average molecular weight is 339 g/mol. The zero-order valence-corrected chi connectivity index (χ0v) is 14.1. The molecule has 2 N–H and O–H groups in total. The van der Waals surface area contributed by atoms with E-state index in [0.717, 1.165) is 12.4 Å². The molecule has 0 aromatic heterocycles. The van der Waals surface area contributed by atoms with Crippen molar-refractivity contribution in [1.82, 2.24) is 0 Å². The van der Waals surface area contributed by atoms with E-state index in [9.17, 15) is 9.59 Å². The number of ether oxygens (including phenoxy) is 1. The van der Waals surface area contributed by atoms with Crippen LogP contribution >= 0.6 is 0 Å². The molecular weight excluding hydrogens is 318 g/mol. The van der Waals surface area contributed by atoms with Gasteiger partial charge < -0.3 is 15.2 Å². The van der Waals surface area contributed by atoms with E-state index in [1.54, 1.807) is 55.5 Å². The van der Waals surface area contributed by atoms with Crippen LogP contribution in [-0.4, -0.2) is 23.6 Å². The Morgan fingerprint density at radius 2 is 1.76 bits per heavy atom. The lowest BCUT2D eigenvalue weighted by Crippen LogP contribution is -2.12. The molecule has 1 amide bonds. The number of hydrogen-bond acceptors (Lipinski definition) is 3. The molecule has 1 aliphatic rings. The van der Waals surface area contributed by atoms with Crippen LogP contribution in [0.25, 0.3) is 0 Å². The number of benzene rings is 2. The van der Waals surface area contributed by atoms with Crippen LogP contribution in [0.15, 0.2) is 48.5 Å². The van der Waals surface area contributed by atoms with Gasteiger partial charge in [0.15, 0.2) is 0 Å². The van der Waals surface area contributed by atoms with E-state index in [1.165, 1.54) is 12.8 Å². The first-order chi connectivity index (χ1) is 12.0. The molecule has 0 heterocycles. The third kappa shape index (κ3) is 4.59. The molecule has 0 spiro atoms. The molecule has 2 aromatic rings. The van der Waals surface area contributed by atoms with E-state index in [4.69, 9.17) is 9.84 Å². The number of carboxylic acid groups (broad SMARTS) is 1. The van der Waals surface area contributed by atoms with Gasteiger partial charge in [0.05, 0.1) is 12.5 Å². The second-order valence-corrected chi connectivity index (χ2v) is 6.41. The first kappa shape index (κ1) is 17.0. The molecule has 130 valence electrons. The highest BCUT2D eigenvalue weighted by atomic mass is 16.5. The van der Waals surface area contributed by atoms with Gasteiger partial charge in [-0.05, 0) is 67.6 Å². The Labute approximate surface area is 146 Å². The smallest absolute Gasteiger partial charge is 0.310 e. The fraction of sp³-hybridized carbons (Fsp3) is 0.300. The summed E-state index contributed by atoms with van der Waals surface area (Å²) in [4.78, 5) is 23.3. The summed E-state index contributed by atoms with van der Waals surface area (Å²) in [5, 5.41) is 11.8. The first-order valence-electron chi connectivity index (χ1n) is 8.40. The molecule has 0 radical (unpaired) electrons. The third-order valence-corrected chi connectivity index (χ3v) is 4.34. The summed E-state index contributed by atoms with van der Waals surface area (Å²) in [7, 11) is 0. The molecule has 3 rings (SSSR count). The van der Waals surface area contributed by atoms with Gasteiger partial charge in [-0.1, -0.05) is 12.1 Å². The van der Waals surface area contributed by atoms with Crippen molar-refractivity contribution in [1.29, 1.82) is 0 Å². The Balaban J connectivity index is 1.58. The maximum Gasteiger partial charge on any atom is 0.310 e. The fourth-order valence-corrected chi connectivity index (χ4v) is 2.40. The van der Waals surface area contributed by atoms with Crippen LogP contribution in [0, 0.1) is 5.92 Å². The van der Waals surface area contributed by atoms with Crippen LogP contribution in [0.5, 0.6) is 5.75 Å². The molecule has 1 fully saturated rings. The van der Waals surface area contributed by atoms with Crippen molar-refractivity contribution in [2.75, 3.05) is 11.9 Å². The quantitative estimate of drug-likeness (QED) is 0.802. The lowest BCUT2D eigenvalue weighted by atomic mass is 10.0. The minimum Gasteiger partial charge on any atom is -0.493 e. The highest BCUT2D eigenvalue weighted by Crippen LogP contribution is 2.29. The number of nitrogens with one attached hydrogen (secondary N) is 1. The maximum atomic E-state index is 12.3. The predicted molar refractivity (Wildman–Crippen MR) is 95.1 cm³/mol. The highest BCUT2D eigenvalue weighted by Gasteiger charge is 2.21. The number of carboxylic acids is 1. The Kier molecular flexibility index (Phi) is 5.03. The van der Waals surface area contributed by atoms with Gasteiger partial charge in [0.25, 0.3) is 5.91 Å². The van der Waals surface area contributed by atoms with Gasteiger partial charge in [-0.25, -0.2) is 0 Å². The van der Waals surface area contributed by atoms with Crippen molar-refractivity contribution >= 4 is 17.6 Å². The van der Waals surface area contributed by atoms with Gasteiger partial charge >= 0.3 is 5.97 Å². The highest BCUT2D eigenvalue weighted by molar-refractivity contribution is 6.04. The van der Waals surface area contributed by atoms with Gasteiger partial charge in [-0.15, -0.1) is 0 Å². The second kappa shape index (κ2) is 7.38. The number of aliphatic carboxylic acids is 1. The van der Waals surface area contributed by atoms with Crippen molar-refractivity contribution in [3.8, 4) is 5.75 Å². The molecule has 0 saturated heterocycles. The summed E-state index contributed by atoms with van der Waals surface area (Å²) in [6.07, 6.45) is 2.48. The number of carbonyl (C=O) groups is 2. The minimum absolute atomic E-state index is 0.215. The van der Waals surface area contributed by atoms with E-state index in [1.807, 2.05) is 0 Å². The van der Waals surface area contributed by atoms with Gasteiger partial charge in [0, 0.05) is 11.3 Å². The van der Waals surface area contributed by atoms with Crippen LogP contribution in [0.1, 0.15) is 41.6 Å². The molecule has 0 aliphatic heterocycles. The number of anilines is 1.